The first-order valence-electron chi connectivity index (χ1n) is 5.25. The first-order valence-corrected chi connectivity index (χ1v) is 6.06. The molecule has 1 N–H and O–H groups in total. The Morgan fingerprint density at radius 2 is 1.67 bits per heavy atom. The lowest BCUT2D eigenvalue weighted by Crippen LogP contribution is -2.36. The number of aliphatic carboxylic acids is 1. The average molecular weight is 230 g/mol. The van der Waals surface area contributed by atoms with Crippen LogP contribution in [0.25, 0.3) is 0 Å². The molecule has 0 amide bonds. The van der Waals surface area contributed by atoms with Gasteiger partial charge < -0.3 is 5.11 Å². The highest BCUT2D eigenvalue weighted by Gasteiger charge is 2.49. The third kappa shape index (κ3) is 2.74. The van der Waals surface area contributed by atoms with Gasteiger partial charge in [-0.1, -0.05) is 45.4 Å². The molecule has 0 radical (unpaired) electrons. The molecule has 0 bridgehead atoms. The lowest BCUT2D eigenvalue weighted by Gasteiger charge is -2.25. The van der Waals surface area contributed by atoms with Crippen LogP contribution in [0, 0.1) is 5.41 Å². The molecule has 0 atom stereocenters. The third-order valence-electron chi connectivity index (χ3n) is 2.66. The molecule has 1 aliphatic carbocycles. The van der Waals surface area contributed by atoms with Gasteiger partial charge in [0, 0.05) is 4.75 Å². The highest BCUT2D eigenvalue weighted by atomic mass is 32.2. The summed E-state index contributed by atoms with van der Waals surface area (Å²) < 4.78 is -0.206. The Morgan fingerprint density at radius 3 is 2.00 bits per heavy atom. The molecule has 3 nitrogen and oxygen atoms in total. The molecule has 1 saturated carbocycles. The van der Waals surface area contributed by atoms with Gasteiger partial charge in [0.15, 0.2) is 0 Å². The van der Waals surface area contributed by atoms with Gasteiger partial charge in [-0.3, -0.25) is 9.59 Å². The fraction of sp³-hybridized carbons (Fsp3) is 0.818. The van der Waals surface area contributed by atoms with E-state index in [2.05, 4.69) is 0 Å². The predicted molar refractivity (Wildman–Crippen MR) is 60.9 cm³/mol. The average Bonchev–Trinajstić information content (AvgIpc) is 2.48. The number of carboxylic acids is 1. The number of rotatable bonds is 2. The first-order chi connectivity index (χ1) is 6.78. The molecule has 0 aromatic heterocycles. The van der Waals surface area contributed by atoms with Gasteiger partial charge in [0.1, 0.15) is 5.41 Å². The number of thioether (sulfide) groups is 1. The van der Waals surface area contributed by atoms with Gasteiger partial charge in [-0.2, -0.15) is 0 Å². The first kappa shape index (κ1) is 12.6. The van der Waals surface area contributed by atoms with E-state index >= 15 is 0 Å². The third-order valence-corrected chi connectivity index (χ3v) is 3.84. The molecule has 1 rings (SSSR count). The van der Waals surface area contributed by atoms with Gasteiger partial charge in [0.25, 0.3) is 0 Å². The fourth-order valence-electron chi connectivity index (χ4n) is 1.86. The maximum absolute atomic E-state index is 12.0. The second-order valence-electron chi connectivity index (χ2n) is 5.10. The van der Waals surface area contributed by atoms with Crippen molar-refractivity contribution >= 4 is 22.8 Å². The topological polar surface area (TPSA) is 54.4 Å². The largest absolute Gasteiger partial charge is 0.480 e. The van der Waals surface area contributed by atoms with E-state index in [9.17, 15) is 14.7 Å². The van der Waals surface area contributed by atoms with Gasteiger partial charge in [0.2, 0.25) is 5.12 Å². The lowest BCUT2D eigenvalue weighted by molar-refractivity contribution is -0.151. The molecule has 0 saturated heterocycles. The molecule has 0 aromatic carbocycles. The minimum atomic E-state index is -1.10. The van der Waals surface area contributed by atoms with Crippen molar-refractivity contribution in [2.24, 2.45) is 5.41 Å². The van der Waals surface area contributed by atoms with Gasteiger partial charge in [-0.15, -0.1) is 0 Å². The molecule has 15 heavy (non-hydrogen) atoms. The Balaban J connectivity index is 2.82. The van der Waals surface area contributed by atoms with Crippen LogP contribution in [0.4, 0.5) is 0 Å². The van der Waals surface area contributed by atoms with Crippen molar-refractivity contribution in [1.29, 1.82) is 0 Å². The zero-order valence-corrected chi connectivity index (χ0v) is 10.3. The molecule has 86 valence electrons. The van der Waals surface area contributed by atoms with Crippen LogP contribution in [0.2, 0.25) is 0 Å². The molecule has 0 aromatic rings. The SMILES string of the molecule is CC(C)(C)SC(=O)C1(C(=O)O)CCCC1. The lowest BCUT2D eigenvalue weighted by atomic mass is 9.88. The van der Waals surface area contributed by atoms with E-state index in [1.165, 1.54) is 0 Å². The van der Waals surface area contributed by atoms with E-state index in [4.69, 9.17) is 0 Å². The summed E-state index contributed by atoms with van der Waals surface area (Å²) in [4.78, 5) is 23.2. The van der Waals surface area contributed by atoms with Crippen LogP contribution in [-0.2, 0) is 9.59 Å². The molecule has 0 aliphatic heterocycles. The van der Waals surface area contributed by atoms with Gasteiger partial charge in [-0.25, -0.2) is 0 Å². The van der Waals surface area contributed by atoms with Gasteiger partial charge in [-0.05, 0) is 12.8 Å². The van der Waals surface area contributed by atoms with Crippen molar-refractivity contribution in [3.8, 4) is 0 Å². The van der Waals surface area contributed by atoms with E-state index < -0.39 is 11.4 Å². The second kappa shape index (κ2) is 4.16. The van der Waals surface area contributed by atoms with Crippen LogP contribution < -0.4 is 0 Å². The zero-order valence-electron chi connectivity index (χ0n) is 9.50. The maximum Gasteiger partial charge on any atom is 0.318 e. The fourth-order valence-corrected chi connectivity index (χ4v) is 2.90. The molecule has 0 unspecified atom stereocenters. The Labute approximate surface area is 94.6 Å². The molecular formula is C11H18O3S. The Hall–Kier alpha value is -0.510. The van der Waals surface area contributed by atoms with Crippen molar-refractivity contribution in [1.82, 2.24) is 0 Å². The van der Waals surface area contributed by atoms with Crippen LogP contribution in [-0.4, -0.2) is 20.9 Å². The smallest absolute Gasteiger partial charge is 0.318 e. The molecule has 1 fully saturated rings. The van der Waals surface area contributed by atoms with Crippen LogP contribution in [0.1, 0.15) is 46.5 Å². The summed E-state index contributed by atoms with van der Waals surface area (Å²) in [7, 11) is 0. The van der Waals surface area contributed by atoms with Crippen LogP contribution >= 0.6 is 11.8 Å². The number of carbonyl (C=O) groups is 2. The quantitative estimate of drug-likeness (QED) is 0.741. The van der Waals surface area contributed by atoms with E-state index in [0.29, 0.717) is 12.8 Å². The number of carboxylic acid groups (broad SMARTS) is 1. The minimum Gasteiger partial charge on any atom is -0.480 e. The summed E-state index contributed by atoms with van der Waals surface area (Å²) in [6.45, 7) is 5.79. The van der Waals surface area contributed by atoms with Gasteiger partial charge in [0.05, 0.1) is 0 Å². The summed E-state index contributed by atoms with van der Waals surface area (Å²) in [6, 6.07) is 0. The Kier molecular flexibility index (Phi) is 3.48. The van der Waals surface area contributed by atoms with Crippen molar-refractivity contribution in [3.63, 3.8) is 0 Å². The van der Waals surface area contributed by atoms with Crippen molar-refractivity contribution in [2.45, 2.75) is 51.2 Å². The van der Waals surface area contributed by atoms with Crippen LogP contribution in [0.3, 0.4) is 0 Å². The van der Waals surface area contributed by atoms with Crippen molar-refractivity contribution in [2.75, 3.05) is 0 Å². The Bertz CT molecular complexity index is 272. The molecular weight excluding hydrogens is 212 g/mol. The molecule has 0 heterocycles. The predicted octanol–water partition coefficient (Wildman–Crippen LogP) is 2.69. The summed E-state index contributed by atoms with van der Waals surface area (Å²) in [6.07, 6.45) is 2.71. The normalized spacial score (nSPS) is 20.2. The van der Waals surface area contributed by atoms with E-state index in [0.717, 1.165) is 24.6 Å². The summed E-state index contributed by atoms with van der Waals surface area (Å²) in [5.74, 6) is -0.943. The number of hydrogen-bond acceptors (Lipinski definition) is 3. The van der Waals surface area contributed by atoms with Gasteiger partial charge >= 0.3 is 5.97 Å². The summed E-state index contributed by atoms with van der Waals surface area (Å²) >= 11 is 1.16. The number of hydrogen-bond donors (Lipinski definition) is 1. The molecule has 0 spiro atoms. The highest BCUT2D eigenvalue weighted by molar-refractivity contribution is 8.14. The minimum absolute atomic E-state index is 0.167. The zero-order chi connectivity index (χ0) is 11.7. The standard InChI is InChI=1S/C11H18O3S/c1-10(2,3)15-9(14)11(8(12)13)6-4-5-7-11/h4-7H2,1-3H3,(H,12,13). The monoisotopic (exact) mass is 230 g/mol. The summed E-state index contributed by atoms with van der Waals surface area (Å²) in [5, 5.41) is 9.03. The summed E-state index contributed by atoms with van der Waals surface area (Å²) in [5.41, 5.74) is -1.10. The Morgan fingerprint density at radius 1 is 1.20 bits per heavy atom. The number of carbonyl (C=O) groups excluding carboxylic acids is 1. The van der Waals surface area contributed by atoms with E-state index in [-0.39, 0.29) is 9.86 Å². The highest BCUT2D eigenvalue weighted by Crippen LogP contribution is 2.44. The molecule has 4 heteroatoms. The van der Waals surface area contributed by atoms with Crippen molar-refractivity contribution < 1.29 is 14.7 Å². The van der Waals surface area contributed by atoms with Crippen LogP contribution in [0.5, 0.6) is 0 Å². The van der Waals surface area contributed by atoms with Crippen molar-refractivity contribution in [3.05, 3.63) is 0 Å². The second-order valence-corrected chi connectivity index (χ2v) is 6.90. The molecule has 1 aliphatic rings. The van der Waals surface area contributed by atoms with E-state index in [1.807, 2.05) is 20.8 Å². The van der Waals surface area contributed by atoms with E-state index in [1.54, 1.807) is 0 Å². The van der Waals surface area contributed by atoms with Crippen LogP contribution in [0.15, 0.2) is 0 Å². The maximum atomic E-state index is 12.0.